The minimum atomic E-state index is -1.26. The lowest BCUT2D eigenvalue weighted by Crippen LogP contribution is -2.27. The van der Waals surface area contributed by atoms with Crippen LogP contribution >= 0.6 is 11.6 Å². The topological polar surface area (TPSA) is 77.8 Å². The maximum absolute atomic E-state index is 13.4. The highest BCUT2D eigenvalue weighted by molar-refractivity contribution is 6.30. The van der Waals surface area contributed by atoms with Gasteiger partial charge in [-0.15, -0.1) is 0 Å². The number of halogens is 3. The number of hydrogen-bond donors (Lipinski definition) is 2. The molecule has 0 spiro atoms. The standard InChI is InChI=1S/C27H26ClF2N.C4H4O4/c28-23-9-7-21(8-10-23)27-16-22(27)17-31(18-27)15-1-2-26(19-3-11-24(29)12-4-19)20-5-13-25(30)14-6-20;5-3(6)1-2-4(7)8/h3-14,22,26H,1-2,15-18H2;1-2H,(H,5,6)(H,7,8)/b;2-1+. The molecule has 204 valence electrons. The van der Waals surface area contributed by atoms with E-state index in [2.05, 4.69) is 17.0 Å². The van der Waals surface area contributed by atoms with Gasteiger partial charge in [0.15, 0.2) is 0 Å². The van der Waals surface area contributed by atoms with Crippen molar-refractivity contribution >= 4 is 23.5 Å². The van der Waals surface area contributed by atoms with E-state index in [-0.39, 0.29) is 17.6 Å². The molecule has 2 aliphatic rings. The van der Waals surface area contributed by atoms with E-state index < -0.39 is 11.9 Å². The third kappa shape index (κ3) is 7.52. The van der Waals surface area contributed by atoms with Gasteiger partial charge in [0.05, 0.1) is 0 Å². The second kappa shape index (κ2) is 12.5. The Kier molecular flexibility index (Phi) is 9.15. The zero-order valence-electron chi connectivity index (χ0n) is 21.3. The molecule has 39 heavy (non-hydrogen) atoms. The molecule has 1 aliphatic carbocycles. The number of aliphatic carboxylic acids is 2. The maximum atomic E-state index is 13.4. The molecule has 5 nitrogen and oxygen atoms in total. The summed E-state index contributed by atoms with van der Waals surface area (Å²) in [6.45, 7) is 3.31. The molecule has 0 amide bonds. The molecule has 8 heteroatoms. The highest BCUT2D eigenvalue weighted by Gasteiger charge is 2.60. The number of piperidine rings is 1. The Bertz CT molecular complexity index is 1250. The van der Waals surface area contributed by atoms with Crippen LogP contribution in [0, 0.1) is 17.6 Å². The Hall–Kier alpha value is -3.55. The Labute approximate surface area is 231 Å². The van der Waals surface area contributed by atoms with Crippen molar-refractivity contribution in [3.05, 3.63) is 118 Å². The number of fused-ring (bicyclic) bond motifs is 1. The van der Waals surface area contributed by atoms with Crippen molar-refractivity contribution in [3.8, 4) is 0 Å². The Balaban J connectivity index is 0.000000386. The number of benzene rings is 3. The van der Waals surface area contributed by atoms with Gasteiger partial charge in [0.25, 0.3) is 0 Å². The molecule has 1 saturated heterocycles. The normalized spacial score (nSPS) is 19.9. The molecule has 2 N–H and O–H groups in total. The molecule has 3 aromatic carbocycles. The molecule has 5 rings (SSSR count). The van der Waals surface area contributed by atoms with Gasteiger partial charge in [-0.05, 0) is 84.8 Å². The fraction of sp³-hybridized carbons (Fsp3) is 0.290. The van der Waals surface area contributed by atoms with E-state index in [1.807, 2.05) is 36.4 Å². The molecule has 2 fully saturated rings. The lowest BCUT2D eigenvalue weighted by Gasteiger charge is -2.23. The smallest absolute Gasteiger partial charge is 0.328 e. The lowest BCUT2D eigenvalue weighted by molar-refractivity contribution is -0.134. The number of hydrogen-bond acceptors (Lipinski definition) is 3. The summed E-state index contributed by atoms with van der Waals surface area (Å²) in [5.74, 6) is -2.09. The zero-order valence-corrected chi connectivity index (χ0v) is 22.0. The third-order valence-corrected chi connectivity index (χ3v) is 7.77. The van der Waals surface area contributed by atoms with E-state index in [0.29, 0.717) is 17.6 Å². The monoisotopic (exact) mass is 553 g/mol. The van der Waals surface area contributed by atoms with Crippen LogP contribution in [0.15, 0.2) is 84.9 Å². The quantitative estimate of drug-likeness (QED) is 0.295. The van der Waals surface area contributed by atoms with E-state index in [1.54, 1.807) is 0 Å². The van der Waals surface area contributed by atoms with Gasteiger partial charge in [0.2, 0.25) is 0 Å². The molecule has 0 bridgehead atoms. The van der Waals surface area contributed by atoms with Gasteiger partial charge in [0, 0.05) is 41.6 Å². The number of carboxylic acids is 2. The van der Waals surface area contributed by atoms with Crippen LogP contribution in [0.1, 0.15) is 41.9 Å². The van der Waals surface area contributed by atoms with Gasteiger partial charge in [-0.2, -0.15) is 0 Å². The van der Waals surface area contributed by atoms with Gasteiger partial charge in [-0.25, -0.2) is 18.4 Å². The van der Waals surface area contributed by atoms with Gasteiger partial charge < -0.3 is 15.1 Å². The van der Waals surface area contributed by atoms with Crippen molar-refractivity contribution in [2.24, 2.45) is 5.92 Å². The molecular weight excluding hydrogens is 524 g/mol. The predicted octanol–water partition coefficient (Wildman–Crippen LogP) is 6.52. The number of likely N-dealkylation sites (tertiary alicyclic amines) is 1. The van der Waals surface area contributed by atoms with Gasteiger partial charge >= 0.3 is 11.9 Å². The number of rotatable bonds is 9. The fourth-order valence-electron chi connectivity index (χ4n) is 5.56. The molecular formula is C31H30ClF2NO4. The van der Waals surface area contributed by atoms with Crippen LogP contribution in [-0.2, 0) is 15.0 Å². The van der Waals surface area contributed by atoms with Crippen LogP contribution in [0.4, 0.5) is 8.78 Å². The molecule has 1 heterocycles. The third-order valence-electron chi connectivity index (χ3n) is 7.52. The van der Waals surface area contributed by atoms with E-state index in [1.165, 1.54) is 36.2 Å². The fourth-order valence-corrected chi connectivity index (χ4v) is 5.69. The number of carboxylic acid groups (broad SMARTS) is 2. The van der Waals surface area contributed by atoms with Crippen molar-refractivity contribution in [2.75, 3.05) is 19.6 Å². The summed E-state index contributed by atoms with van der Waals surface area (Å²) in [5.41, 5.74) is 3.89. The first-order chi connectivity index (χ1) is 18.7. The van der Waals surface area contributed by atoms with Gasteiger partial charge in [-0.3, -0.25) is 0 Å². The Morgan fingerprint density at radius 3 is 1.90 bits per heavy atom. The summed E-state index contributed by atoms with van der Waals surface area (Å²) < 4.78 is 26.9. The maximum Gasteiger partial charge on any atom is 0.328 e. The molecule has 0 radical (unpaired) electrons. The minimum Gasteiger partial charge on any atom is -0.478 e. The van der Waals surface area contributed by atoms with Crippen molar-refractivity contribution in [1.82, 2.24) is 4.90 Å². The summed E-state index contributed by atoms with van der Waals surface area (Å²) in [5, 5.41) is 16.4. The highest BCUT2D eigenvalue weighted by atomic mass is 35.5. The first-order valence-corrected chi connectivity index (χ1v) is 13.2. The second-order valence-electron chi connectivity index (χ2n) is 10.1. The van der Waals surface area contributed by atoms with Crippen LogP contribution in [0.2, 0.25) is 5.02 Å². The summed E-state index contributed by atoms with van der Waals surface area (Å²) >= 11 is 6.07. The summed E-state index contributed by atoms with van der Waals surface area (Å²) in [4.78, 5) is 21.7. The van der Waals surface area contributed by atoms with Crippen molar-refractivity contribution in [1.29, 1.82) is 0 Å². The molecule has 3 aromatic rings. The van der Waals surface area contributed by atoms with Crippen molar-refractivity contribution in [3.63, 3.8) is 0 Å². The van der Waals surface area contributed by atoms with Crippen molar-refractivity contribution < 1.29 is 28.6 Å². The van der Waals surface area contributed by atoms with Crippen LogP contribution in [0.25, 0.3) is 0 Å². The molecule has 0 aromatic heterocycles. The highest BCUT2D eigenvalue weighted by Crippen LogP contribution is 2.59. The summed E-state index contributed by atoms with van der Waals surface area (Å²) in [6.07, 6.45) is 4.39. The largest absolute Gasteiger partial charge is 0.478 e. The number of carbonyl (C=O) groups is 2. The first-order valence-electron chi connectivity index (χ1n) is 12.8. The van der Waals surface area contributed by atoms with Gasteiger partial charge in [-0.1, -0.05) is 48.0 Å². The average Bonchev–Trinajstić information content (AvgIpc) is 3.48. The SMILES string of the molecule is Fc1ccc(C(CCCN2CC3CC3(c3ccc(Cl)cc3)C2)c2ccc(F)cc2)cc1.O=C(O)/C=C/C(=O)O. The first kappa shape index (κ1) is 28.5. The van der Waals surface area contributed by atoms with Crippen LogP contribution in [0.3, 0.4) is 0 Å². The lowest BCUT2D eigenvalue weighted by atomic mass is 9.87. The van der Waals surface area contributed by atoms with E-state index in [4.69, 9.17) is 21.8 Å². The Morgan fingerprint density at radius 2 is 1.41 bits per heavy atom. The van der Waals surface area contributed by atoms with E-state index >= 15 is 0 Å². The molecule has 1 aliphatic heterocycles. The predicted molar refractivity (Wildman–Crippen MR) is 146 cm³/mol. The molecule has 2 unspecified atom stereocenters. The summed E-state index contributed by atoms with van der Waals surface area (Å²) in [6, 6.07) is 21.8. The summed E-state index contributed by atoms with van der Waals surface area (Å²) in [7, 11) is 0. The van der Waals surface area contributed by atoms with Crippen molar-refractivity contribution in [2.45, 2.75) is 30.6 Å². The average molecular weight is 554 g/mol. The minimum absolute atomic E-state index is 0.142. The van der Waals surface area contributed by atoms with Crippen LogP contribution in [0.5, 0.6) is 0 Å². The van der Waals surface area contributed by atoms with E-state index in [0.717, 1.165) is 54.5 Å². The molecule has 1 saturated carbocycles. The zero-order chi connectivity index (χ0) is 28.0. The second-order valence-corrected chi connectivity index (χ2v) is 10.5. The Morgan fingerprint density at radius 1 is 0.897 bits per heavy atom. The van der Waals surface area contributed by atoms with E-state index in [9.17, 15) is 18.4 Å². The van der Waals surface area contributed by atoms with Crippen LogP contribution < -0.4 is 0 Å². The molecule has 2 atom stereocenters. The van der Waals surface area contributed by atoms with Gasteiger partial charge in [0.1, 0.15) is 11.6 Å². The van der Waals surface area contributed by atoms with Crippen LogP contribution in [-0.4, -0.2) is 46.7 Å². The number of nitrogens with zero attached hydrogens (tertiary/aromatic N) is 1.